The number of hydrogen-bond acceptors (Lipinski definition) is 5. The van der Waals surface area contributed by atoms with Crippen molar-refractivity contribution in [2.75, 3.05) is 20.6 Å². The van der Waals surface area contributed by atoms with Gasteiger partial charge in [-0.15, -0.1) is 0 Å². The molecular formula is C23H31N3O3S. The molecule has 1 fully saturated rings. The van der Waals surface area contributed by atoms with Crippen LogP contribution in [0.4, 0.5) is 0 Å². The molecule has 2 aromatic carbocycles. The van der Waals surface area contributed by atoms with Gasteiger partial charge in [0.25, 0.3) is 0 Å². The Morgan fingerprint density at radius 1 is 1.20 bits per heavy atom. The first-order valence-corrected chi connectivity index (χ1v) is 12.1. The Balaban J connectivity index is 1.60. The van der Waals surface area contributed by atoms with Crippen molar-refractivity contribution in [1.29, 1.82) is 0 Å². The number of rotatable bonds is 6. The van der Waals surface area contributed by atoms with E-state index in [2.05, 4.69) is 34.9 Å². The van der Waals surface area contributed by atoms with Crippen LogP contribution < -0.4 is 15.4 Å². The maximum absolute atomic E-state index is 12.8. The van der Waals surface area contributed by atoms with Gasteiger partial charge < -0.3 is 15.4 Å². The molecule has 2 heterocycles. The van der Waals surface area contributed by atoms with Crippen molar-refractivity contribution in [3.63, 3.8) is 0 Å². The molecule has 0 saturated carbocycles. The number of benzene rings is 2. The minimum absolute atomic E-state index is 0.0597. The topological polar surface area (TPSA) is 70.7 Å². The van der Waals surface area contributed by atoms with Crippen molar-refractivity contribution in [1.82, 2.24) is 14.9 Å². The molecule has 2 N–H and O–H groups in total. The Labute approximate surface area is 179 Å². The lowest BCUT2D eigenvalue weighted by Crippen LogP contribution is -2.45. The summed E-state index contributed by atoms with van der Waals surface area (Å²) in [4.78, 5) is 0.335. The minimum Gasteiger partial charge on any atom is -0.490 e. The fraction of sp³-hybridized carbons (Fsp3) is 0.478. The third-order valence-electron chi connectivity index (χ3n) is 5.99. The maximum Gasteiger partial charge on any atom is 0.242 e. The van der Waals surface area contributed by atoms with Crippen LogP contribution in [0.15, 0.2) is 47.4 Å². The molecule has 7 heteroatoms. The van der Waals surface area contributed by atoms with E-state index in [-0.39, 0.29) is 18.2 Å². The highest BCUT2D eigenvalue weighted by molar-refractivity contribution is 7.89. The minimum atomic E-state index is -3.50. The number of nitrogens with zero attached hydrogens (tertiary/aromatic N) is 1. The molecule has 3 atom stereocenters. The molecule has 0 aromatic heterocycles. The van der Waals surface area contributed by atoms with Crippen molar-refractivity contribution in [3.8, 4) is 5.75 Å². The first kappa shape index (κ1) is 21.3. The van der Waals surface area contributed by atoms with Gasteiger partial charge in [0, 0.05) is 44.7 Å². The second-order valence-corrected chi connectivity index (χ2v) is 10.6. The number of ether oxygens (including phenoxy) is 1. The van der Waals surface area contributed by atoms with Gasteiger partial charge in [0.1, 0.15) is 11.9 Å². The largest absolute Gasteiger partial charge is 0.490 e. The Morgan fingerprint density at radius 2 is 1.97 bits per heavy atom. The first-order chi connectivity index (χ1) is 14.4. The van der Waals surface area contributed by atoms with Crippen molar-refractivity contribution in [2.24, 2.45) is 0 Å². The summed E-state index contributed by atoms with van der Waals surface area (Å²) in [5.41, 5.74) is 3.16. The summed E-state index contributed by atoms with van der Waals surface area (Å²) in [5, 5.41) is 7.32. The summed E-state index contributed by atoms with van der Waals surface area (Å²) in [6, 6.07) is 14.5. The SMILES string of the molecule is CC1Cc2cc(S(=O)(=O)N(C)C)cc(CN[C@H]3CCCN[C@H]3c3ccccc3)c2O1. The molecule has 0 spiro atoms. The van der Waals surface area contributed by atoms with E-state index in [1.165, 1.54) is 9.87 Å². The predicted molar refractivity (Wildman–Crippen MR) is 118 cm³/mol. The van der Waals surface area contributed by atoms with Crippen LogP contribution in [0.25, 0.3) is 0 Å². The van der Waals surface area contributed by atoms with Crippen LogP contribution in [0.3, 0.4) is 0 Å². The molecule has 0 bridgehead atoms. The van der Waals surface area contributed by atoms with E-state index < -0.39 is 10.0 Å². The molecule has 0 amide bonds. The van der Waals surface area contributed by atoms with Gasteiger partial charge >= 0.3 is 0 Å². The van der Waals surface area contributed by atoms with Crippen LogP contribution in [0.1, 0.15) is 42.5 Å². The van der Waals surface area contributed by atoms with Gasteiger partial charge in [0.05, 0.1) is 4.90 Å². The molecule has 2 aromatic rings. The highest BCUT2D eigenvalue weighted by Crippen LogP contribution is 2.36. The van der Waals surface area contributed by atoms with Gasteiger partial charge in [-0.3, -0.25) is 0 Å². The zero-order chi connectivity index (χ0) is 21.3. The molecule has 4 rings (SSSR count). The predicted octanol–water partition coefficient (Wildman–Crippen LogP) is 2.84. The second-order valence-electron chi connectivity index (χ2n) is 8.46. The average Bonchev–Trinajstić information content (AvgIpc) is 3.13. The summed E-state index contributed by atoms with van der Waals surface area (Å²) in [6.07, 6.45) is 2.98. The van der Waals surface area contributed by atoms with E-state index in [4.69, 9.17) is 4.74 Å². The lowest BCUT2D eigenvalue weighted by atomic mass is 9.92. The molecule has 0 radical (unpaired) electrons. The van der Waals surface area contributed by atoms with E-state index in [9.17, 15) is 8.42 Å². The molecule has 1 unspecified atom stereocenters. The summed E-state index contributed by atoms with van der Waals surface area (Å²) >= 11 is 0. The Kier molecular flexibility index (Phi) is 6.16. The summed E-state index contributed by atoms with van der Waals surface area (Å²) < 4.78 is 32.8. The van der Waals surface area contributed by atoms with E-state index in [0.29, 0.717) is 11.4 Å². The van der Waals surface area contributed by atoms with Gasteiger partial charge in [-0.25, -0.2) is 12.7 Å². The fourth-order valence-corrected chi connectivity index (χ4v) is 5.43. The van der Waals surface area contributed by atoms with Gasteiger partial charge in [-0.05, 0) is 49.6 Å². The molecule has 0 aliphatic carbocycles. The zero-order valence-corrected chi connectivity index (χ0v) is 18.7. The number of fused-ring (bicyclic) bond motifs is 1. The van der Waals surface area contributed by atoms with Crippen molar-refractivity contribution in [3.05, 3.63) is 59.2 Å². The van der Waals surface area contributed by atoms with Crippen molar-refractivity contribution in [2.45, 2.75) is 55.8 Å². The highest BCUT2D eigenvalue weighted by atomic mass is 32.2. The zero-order valence-electron chi connectivity index (χ0n) is 17.9. The quantitative estimate of drug-likeness (QED) is 0.739. The number of sulfonamides is 1. The van der Waals surface area contributed by atoms with Gasteiger partial charge in [0.15, 0.2) is 0 Å². The lowest BCUT2D eigenvalue weighted by Gasteiger charge is -2.34. The monoisotopic (exact) mass is 429 g/mol. The molecule has 2 aliphatic heterocycles. The molecule has 162 valence electrons. The van der Waals surface area contributed by atoms with Crippen LogP contribution in [0.2, 0.25) is 0 Å². The van der Waals surface area contributed by atoms with Gasteiger partial charge in [0.2, 0.25) is 10.0 Å². The summed E-state index contributed by atoms with van der Waals surface area (Å²) in [6.45, 7) is 3.60. The smallest absolute Gasteiger partial charge is 0.242 e. The van der Waals surface area contributed by atoms with E-state index in [1.54, 1.807) is 26.2 Å². The Hall–Kier alpha value is -1.93. The second kappa shape index (κ2) is 8.67. The van der Waals surface area contributed by atoms with Gasteiger partial charge in [-0.1, -0.05) is 30.3 Å². The normalized spacial score (nSPS) is 23.9. The standard InChI is InChI=1S/C23H31N3O3S/c1-16-12-18-13-20(30(27,28)26(2)3)14-19(23(18)29-16)15-25-21-10-7-11-24-22(21)17-8-5-4-6-9-17/h4-6,8-9,13-14,16,21-22,24-25H,7,10-12,15H2,1-3H3/t16?,21-,22-/m0/s1. The highest BCUT2D eigenvalue weighted by Gasteiger charge is 2.29. The molecule has 1 saturated heterocycles. The summed E-state index contributed by atoms with van der Waals surface area (Å²) in [5.74, 6) is 0.840. The van der Waals surface area contributed by atoms with E-state index in [1.807, 2.05) is 13.0 Å². The lowest BCUT2D eigenvalue weighted by molar-refractivity contribution is 0.250. The maximum atomic E-state index is 12.8. The number of hydrogen-bond donors (Lipinski definition) is 2. The fourth-order valence-electron chi connectivity index (χ4n) is 4.43. The molecule has 6 nitrogen and oxygen atoms in total. The Bertz CT molecular complexity index is 992. The molecular weight excluding hydrogens is 398 g/mol. The third kappa shape index (κ3) is 4.25. The molecule has 30 heavy (non-hydrogen) atoms. The number of nitrogens with one attached hydrogen (secondary N) is 2. The summed E-state index contributed by atoms with van der Waals surface area (Å²) in [7, 11) is -0.363. The van der Waals surface area contributed by atoms with Gasteiger partial charge in [-0.2, -0.15) is 0 Å². The third-order valence-corrected chi connectivity index (χ3v) is 7.79. The van der Waals surface area contributed by atoms with E-state index >= 15 is 0 Å². The average molecular weight is 430 g/mol. The van der Waals surface area contributed by atoms with Crippen LogP contribution in [-0.4, -0.2) is 45.5 Å². The van der Waals surface area contributed by atoms with Crippen LogP contribution in [-0.2, 0) is 23.0 Å². The van der Waals surface area contributed by atoms with Crippen LogP contribution in [0.5, 0.6) is 5.75 Å². The van der Waals surface area contributed by atoms with E-state index in [0.717, 1.165) is 42.7 Å². The molecule has 2 aliphatic rings. The van der Waals surface area contributed by atoms with Crippen molar-refractivity contribution < 1.29 is 13.2 Å². The number of piperidine rings is 1. The Morgan fingerprint density at radius 3 is 2.70 bits per heavy atom. The first-order valence-electron chi connectivity index (χ1n) is 10.6. The van der Waals surface area contributed by atoms with Crippen molar-refractivity contribution >= 4 is 10.0 Å². The van der Waals surface area contributed by atoms with Crippen LogP contribution in [0, 0.1) is 0 Å². The van der Waals surface area contributed by atoms with Crippen LogP contribution >= 0.6 is 0 Å².